The van der Waals surface area contributed by atoms with Gasteiger partial charge in [-0.05, 0) is 29.2 Å². The van der Waals surface area contributed by atoms with Gasteiger partial charge in [0.05, 0.1) is 18.9 Å². The molecule has 2 amide bonds. The van der Waals surface area contributed by atoms with Crippen LogP contribution in [0.3, 0.4) is 0 Å². The molecule has 4 atom stereocenters. The average molecular weight is 583 g/mol. The number of fused-ring (bicyclic) bond motifs is 1. The van der Waals surface area contributed by atoms with Gasteiger partial charge in [-0.25, -0.2) is 4.79 Å². The molecule has 3 aromatic carbocycles. The Bertz CT molecular complexity index is 1450. The lowest BCUT2D eigenvalue weighted by Crippen LogP contribution is -2.57. The molecule has 5 rings (SSSR count). The molecule has 42 heavy (non-hydrogen) atoms. The van der Waals surface area contributed by atoms with Gasteiger partial charge in [0, 0.05) is 19.0 Å². The maximum absolute atomic E-state index is 13.5. The Morgan fingerprint density at radius 3 is 1.93 bits per heavy atom. The van der Waals surface area contributed by atoms with E-state index in [4.69, 9.17) is 14.6 Å². The quantitative estimate of drug-likeness (QED) is 0.327. The Balaban J connectivity index is 0.000000517. The summed E-state index contributed by atoms with van der Waals surface area (Å²) in [7, 11) is 1.33. The Kier molecular flexibility index (Phi) is 8.81. The molecule has 2 aliphatic heterocycles. The number of carboxylic acid groups (broad SMARTS) is 1. The molecule has 0 bridgehead atoms. The third-order valence-electron chi connectivity index (χ3n) is 7.56. The van der Waals surface area contributed by atoms with E-state index in [9.17, 15) is 27.6 Å². The average Bonchev–Trinajstić information content (AvgIpc) is 3.46. The largest absolute Gasteiger partial charge is 0.490 e. The molecule has 0 aliphatic carbocycles. The number of likely N-dealkylation sites (tertiary alicyclic amines) is 1. The van der Waals surface area contributed by atoms with Crippen LogP contribution in [0, 0.1) is 11.8 Å². The Labute approximate surface area is 240 Å². The first-order chi connectivity index (χ1) is 19.9. The minimum Gasteiger partial charge on any atom is -0.475 e. The molecule has 2 N–H and O–H groups in total. The van der Waals surface area contributed by atoms with Gasteiger partial charge in [-0.2, -0.15) is 13.2 Å². The zero-order valence-corrected chi connectivity index (χ0v) is 22.8. The number of hydrogen-bond donors (Lipinski definition) is 2. The highest BCUT2D eigenvalue weighted by Gasteiger charge is 2.68. The Morgan fingerprint density at radius 2 is 1.43 bits per heavy atom. The number of benzene rings is 3. The van der Waals surface area contributed by atoms with E-state index in [0.717, 1.165) is 22.3 Å². The third-order valence-corrected chi connectivity index (χ3v) is 7.56. The van der Waals surface area contributed by atoms with Crippen LogP contribution < -0.4 is 5.32 Å². The lowest BCUT2D eigenvalue weighted by Gasteiger charge is -2.32. The summed E-state index contributed by atoms with van der Waals surface area (Å²) < 4.78 is 37.0. The molecule has 2 fully saturated rings. The molecule has 2 aliphatic rings. The number of amides is 2. The van der Waals surface area contributed by atoms with Gasteiger partial charge >= 0.3 is 18.1 Å². The zero-order valence-electron chi connectivity index (χ0n) is 22.8. The molecule has 0 saturated carbocycles. The lowest BCUT2D eigenvalue weighted by atomic mass is 9.76. The normalized spacial score (nSPS) is 23.2. The van der Waals surface area contributed by atoms with Crippen molar-refractivity contribution < 1.29 is 42.2 Å². The van der Waals surface area contributed by atoms with Crippen LogP contribution in [0.25, 0.3) is 11.1 Å². The molecule has 11 heteroatoms. The summed E-state index contributed by atoms with van der Waals surface area (Å²) >= 11 is 0. The molecular formula is C31H29F3N2O6. The summed E-state index contributed by atoms with van der Waals surface area (Å²) in [4.78, 5) is 50.5. The number of carbonyl (C=O) groups excluding carboxylic acids is 3. The van der Waals surface area contributed by atoms with Gasteiger partial charge in [0.2, 0.25) is 11.8 Å². The number of ether oxygens (including phenoxy) is 1. The molecule has 0 aromatic heterocycles. The van der Waals surface area contributed by atoms with Crippen molar-refractivity contribution in [1.82, 2.24) is 10.2 Å². The van der Waals surface area contributed by atoms with Crippen LogP contribution in [0.4, 0.5) is 13.2 Å². The van der Waals surface area contributed by atoms with Gasteiger partial charge in [0.15, 0.2) is 0 Å². The van der Waals surface area contributed by atoms with Gasteiger partial charge in [-0.3, -0.25) is 24.6 Å². The topological polar surface area (TPSA) is 113 Å². The van der Waals surface area contributed by atoms with E-state index in [2.05, 4.69) is 5.32 Å². The molecule has 8 nitrogen and oxygen atoms in total. The molecule has 0 unspecified atom stereocenters. The van der Waals surface area contributed by atoms with E-state index >= 15 is 0 Å². The molecule has 2 saturated heterocycles. The second-order valence-electron chi connectivity index (χ2n) is 9.96. The van der Waals surface area contributed by atoms with Crippen molar-refractivity contribution in [3.63, 3.8) is 0 Å². The van der Waals surface area contributed by atoms with Crippen molar-refractivity contribution in [2.24, 2.45) is 11.8 Å². The Hall–Kier alpha value is -4.51. The molecule has 3 aromatic rings. The maximum atomic E-state index is 13.5. The SMILES string of the molecule is CCN1C(=O)[C@H]2[C@@H](c3ccc(-c4ccccc4)cc3)N[C@@](Cc3ccccc3)(C(=O)OC)[C@H]2C1=O.O=C(O)C(F)(F)F. The number of esters is 1. The highest BCUT2D eigenvalue weighted by molar-refractivity contribution is 6.09. The van der Waals surface area contributed by atoms with E-state index < -0.39 is 41.5 Å². The summed E-state index contributed by atoms with van der Waals surface area (Å²) in [5.41, 5.74) is 2.54. The summed E-state index contributed by atoms with van der Waals surface area (Å²) in [6.45, 7) is 2.05. The number of halogens is 3. The van der Waals surface area contributed by atoms with Crippen LogP contribution in [0.2, 0.25) is 0 Å². The molecule has 0 radical (unpaired) electrons. The molecule has 0 spiro atoms. The number of nitrogens with one attached hydrogen (secondary N) is 1. The van der Waals surface area contributed by atoms with Crippen molar-refractivity contribution in [3.8, 4) is 11.1 Å². The predicted molar refractivity (Wildman–Crippen MR) is 146 cm³/mol. The number of alkyl halides is 3. The van der Waals surface area contributed by atoms with Crippen LogP contribution in [0.5, 0.6) is 0 Å². The van der Waals surface area contributed by atoms with Gasteiger partial charge in [0.1, 0.15) is 5.54 Å². The minimum atomic E-state index is -5.08. The maximum Gasteiger partial charge on any atom is 0.490 e. The van der Waals surface area contributed by atoms with Crippen molar-refractivity contribution in [3.05, 3.63) is 96.1 Å². The number of rotatable bonds is 6. The number of methoxy groups -OCH3 is 1. The van der Waals surface area contributed by atoms with Crippen LogP contribution >= 0.6 is 0 Å². The fraction of sp³-hybridized carbons (Fsp3) is 0.290. The van der Waals surface area contributed by atoms with Crippen molar-refractivity contribution in [2.75, 3.05) is 13.7 Å². The first-order valence-electron chi connectivity index (χ1n) is 13.1. The number of carbonyl (C=O) groups is 4. The summed E-state index contributed by atoms with van der Waals surface area (Å²) in [6, 6.07) is 27.0. The molecular weight excluding hydrogens is 553 g/mol. The van der Waals surface area contributed by atoms with Gasteiger partial charge in [-0.15, -0.1) is 0 Å². The van der Waals surface area contributed by atoms with E-state index in [1.807, 2.05) is 84.9 Å². The minimum absolute atomic E-state index is 0.244. The number of hydrogen-bond acceptors (Lipinski definition) is 6. The fourth-order valence-corrected chi connectivity index (χ4v) is 5.70. The highest BCUT2D eigenvalue weighted by Crippen LogP contribution is 2.50. The fourth-order valence-electron chi connectivity index (χ4n) is 5.70. The second kappa shape index (κ2) is 12.2. The zero-order chi connectivity index (χ0) is 30.7. The van der Waals surface area contributed by atoms with Crippen LogP contribution in [0.15, 0.2) is 84.9 Å². The van der Waals surface area contributed by atoms with E-state index in [0.29, 0.717) is 0 Å². The summed E-state index contributed by atoms with van der Waals surface area (Å²) in [5, 5.41) is 10.6. The second-order valence-corrected chi connectivity index (χ2v) is 9.96. The standard InChI is InChI=1S/C29H28N2O4.C2HF3O2/c1-3-31-26(32)23-24(27(31)33)29(28(34)35-2,18-19-10-6-4-7-11-19)30-25(23)22-16-14-21(15-17-22)20-12-8-5-9-13-20;3-2(4,5)1(6)7/h4-17,23-25,30H,3,18H2,1-2H3;(H,6,7)/t23-,24-,25-,29-;/m1./s1. The van der Waals surface area contributed by atoms with Crippen LogP contribution in [0.1, 0.15) is 24.1 Å². The van der Waals surface area contributed by atoms with E-state index in [-0.39, 0.29) is 24.8 Å². The highest BCUT2D eigenvalue weighted by atomic mass is 19.4. The lowest BCUT2D eigenvalue weighted by molar-refractivity contribution is -0.192. The Morgan fingerprint density at radius 1 is 0.905 bits per heavy atom. The number of nitrogens with zero attached hydrogens (tertiary/aromatic N) is 1. The van der Waals surface area contributed by atoms with Crippen LogP contribution in [-0.2, 0) is 30.3 Å². The summed E-state index contributed by atoms with van der Waals surface area (Å²) in [6.07, 6.45) is -4.84. The van der Waals surface area contributed by atoms with Gasteiger partial charge in [0.25, 0.3) is 0 Å². The van der Waals surface area contributed by atoms with E-state index in [1.54, 1.807) is 6.92 Å². The van der Waals surface area contributed by atoms with Crippen LogP contribution in [-0.4, -0.2) is 59.1 Å². The number of aliphatic carboxylic acids is 1. The van der Waals surface area contributed by atoms with Crippen molar-refractivity contribution in [1.29, 1.82) is 0 Å². The third kappa shape index (κ3) is 5.78. The van der Waals surface area contributed by atoms with Crippen molar-refractivity contribution in [2.45, 2.75) is 31.1 Å². The number of imide groups is 1. The van der Waals surface area contributed by atoms with E-state index in [1.165, 1.54) is 12.0 Å². The number of carboxylic acids is 1. The molecule has 2 heterocycles. The van der Waals surface area contributed by atoms with Gasteiger partial charge < -0.3 is 9.84 Å². The first kappa shape index (κ1) is 30.4. The van der Waals surface area contributed by atoms with Gasteiger partial charge in [-0.1, -0.05) is 84.9 Å². The monoisotopic (exact) mass is 582 g/mol. The first-order valence-corrected chi connectivity index (χ1v) is 13.1. The molecule has 220 valence electrons. The van der Waals surface area contributed by atoms with Crippen molar-refractivity contribution >= 4 is 23.8 Å². The predicted octanol–water partition coefficient (Wildman–Crippen LogP) is 4.41. The summed E-state index contributed by atoms with van der Waals surface area (Å²) in [5.74, 6) is -5.38. The smallest absolute Gasteiger partial charge is 0.475 e.